The Morgan fingerprint density at radius 2 is 1.59 bits per heavy atom. The average molecular weight is 323 g/mol. The Balaban J connectivity index is 2.11. The van der Waals surface area contributed by atoms with E-state index in [9.17, 15) is 15.3 Å². The number of unbranched alkanes of at least 4 members (excludes halogenated alkanes) is 3. The summed E-state index contributed by atoms with van der Waals surface area (Å²) in [5, 5.41) is 38.0. The zero-order valence-corrected chi connectivity index (χ0v) is 12.8. The van der Waals surface area contributed by atoms with E-state index in [1.807, 2.05) is 0 Å². The molecule has 0 amide bonds. The van der Waals surface area contributed by atoms with Crippen LogP contribution in [0.2, 0.25) is 0 Å². The largest absolute Gasteiger partial charge is 0.394 e. The van der Waals surface area contributed by atoms with Crippen molar-refractivity contribution in [2.24, 2.45) is 5.73 Å². The van der Waals surface area contributed by atoms with Crippen molar-refractivity contribution in [2.75, 3.05) is 33.0 Å². The predicted octanol–water partition coefficient (Wildman–Crippen LogP) is -1.66. The molecular weight excluding hydrogens is 294 g/mol. The van der Waals surface area contributed by atoms with Crippen molar-refractivity contribution in [3.8, 4) is 0 Å². The van der Waals surface area contributed by atoms with Gasteiger partial charge in [0.2, 0.25) is 0 Å². The molecule has 1 rings (SSSR count). The van der Waals surface area contributed by atoms with Crippen molar-refractivity contribution in [1.82, 2.24) is 0 Å². The maximum atomic E-state index is 9.75. The summed E-state index contributed by atoms with van der Waals surface area (Å²) in [7, 11) is 0. The van der Waals surface area contributed by atoms with Crippen LogP contribution >= 0.6 is 0 Å². The van der Waals surface area contributed by atoms with E-state index in [-0.39, 0.29) is 6.61 Å². The number of hydrogen-bond donors (Lipinski definition) is 5. The van der Waals surface area contributed by atoms with Gasteiger partial charge in [-0.1, -0.05) is 12.8 Å². The second-order valence-corrected chi connectivity index (χ2v) is 5.38. The van der Waals surface area contributed by atoms with E-state index < -0.39 is 37.3 Å². The first-order chi connectivity index (χ1) is 10.6. The second-order valence-electron chi connectivity index (χ2n) is 5.38. The number of nitrogens with two attached hydrogens (primary N) is 1. The van der Waals surface area contributed by atoms with Crippen molar-refractivity contribution < 1.29 is 34.6 Å². The molecule has 1 saturated heterocycles. The van der Waals surface area contributed by atoms with Gasteiger partial charge in [0.05, 0.1) is 19.8 Å². The summed E-state index contributed by atoms with van der Waals surface area (Å²) in [6.45, 7) is 1.40. The molecule has 0 aliphatic carbocycles. The zero-order chi connectivity index (χ0) is 16.4. The van der Waals surface area contributed by atoms with Crippen LogP contribution in [0.15, 0.2) is 0 Å². The van der Waals surface area contributed by atoms with Gasteiger partial charge in [0.25, 0.3) is 0 Å². The smallest absolute Gasteiger partial charge is 0.186 e. The first kappa shape index (κ1) is 19.7. The molecular formula is C14H29NO7. The first-order valence-corrected chi connectivity index (χ1v) is 7.81. The van der Waals surface area contributed by atoms with Gasteiger partial charge in [0.1, 0.15) is 24.4 Å². The normalized spacial score (nSPS) is 32.3. The fourth-order valence-corrected chi connectivity index (χ4v) is 2.23. The minimum Gasteiger partial charge on any atom is -0.394 e. The van der Waals surface area contributed by atoms with Crippen LogP contribution in [0.1, 0.15) is 25.7 Å². The predicted molar refractivity (Wildman–Crippen MR) is 78.1 cm³/mol. The van der Waals surface area contributed by atoms with Crippen LogP contribution in [-0.4, -0.2) is 84.1 Å². The summed E-state index contributed by atoms with van der Waals surface area (Å²) < 4.78 is 15.9. The van der Waals surface area contributed by atoms with Gasteiger partial charge in [-0.05, 0) is 19.4 Å². The summed E-state index contributed by atoms with van der Waals surface area (Å²) in [6.07, 6.45) is -2.04. The fourth-order valence-electron chi connectivity index (χ4n) is 2.23. The Morgan fingerprint density at radius 1 is 0.864 bits per heavy atom. The third-order valence-corrected chi connectivity index (χ3v) is 3.60. The summed E-state index contributed by atoms with van der Waals surface area (Å²) >= 11 is 0. The SMILES string of the molecule is NCCCCCCOCCO[C@@H]1O[C@H](CO)[C@H](O)[C@H](O)[C@H]1O. The number of ether oxygens (including phenoxy) is 3. The molecule has 0 aromatic heterocycles. The minimum absolute atomic E-state index is 0.186. The van der Waals surface area contributed by atoms with Gasteiger partial charge in [-0.3, -0.25) is 0 Å². The second kappa shape index (κ2) is 11.3. The van der Waals surface area contributed by atoms with Crippen molar-refractivity contribution in [2.45, 2.75) is 56.4 Å². The van der Waals surface area contributed by atoms with Gasteiger partial charge in [-0.15, -0.1) is 0 Å². The monoisotopic (exact) mass is 323 g/mol. The summed E-state index contributed by atoms with van der Waals surface area (Å²) in [4.78, 5) is 0. The molecule has 0 aromatic rings. The van der Waals surface area contributed by atoms with E-state index in [0.717, 1.165) is 25.7 Å². The van der Waals surface area contributed by atoms with Gasteiger partial charge in [-0.25, -0.2) is 0 Å². The molecule has 1 heterocycles. The molecule has 0 saturated carbocycles. The molecule has 0 radical (unpaired) electrons. The summed E-state index contributed by atoms with van der Waals surface area (Å²) in [5.41, 5.74) is 5.40. The molecule has 0 spiro atoms. The summed E-state index contributed by atoms with van der Waals surface area (Å²) in [5.74, 6) is 0. The van der Waals surface area contributed by atoms with E-state index in [1.165, 1.54) is 0 Å². The van der Waals surface area contributed by atoms with E-state index in [1.54, 1.807) is 0 Å². The van der Waals surface area contributed by atoms with Crippen LogP contribution in [0.4, 0.5) is 0 Å². The van der Waals surface area contributed by atoms with E-state index in [2.05, 4.69) is 0 Å². The Morgan fingerprint density at radius 3 is 2.27 bits per heavy atom. The lowest BCUT2D eigenvalue weighted by molar-refractivity contribution is -0.302. The van der Waals surface area contributed by atoms with Crippen LogP contribution < -0.4 is 5.73 Å². The fraction of sp³-hybridized carbons (Fsp3) is 1.00. The highest BCUT2D eigenvalue weighted by molar-refractivity contribution is 4.88. The standard InChI is InChI=1S/C14H29NO7/c15-5-3-1-2-4-6-20-7-8-21-14-13(19)12(18)11(17)10(9-16)22-14/h10-14,16-19H,1-9,15H2/t10-,11+,12+,13-,14-/m1/s1. The highest BCUT2D eigenvalue weighted by Gasteiger charge is 2.43. The molecule has 0 aromatic carbocycles. The number of aliphatic hydroxyl groups excluding tert-OH is 4. The average Bonchev–Trinajstić information content (AvgIpc) is 2.53. The van der Waals surface area contributed by atoms with Crippen LogP contribution in [0.3, 0.4) is 0 Å². The highest BCUT2D eigenvalue weighted by Crippen LogP contribution is 2.21. The molecule has 132 valence electrons. The van der Waals surface area contributed by atoms with Crippen LogP contribution in [0, 0.1) is 0 Å². The lowest BCUT2D eigenvalue weighted by Gasteiger charge is -2.39. The Kier molecular flexibility index (Phi) is 10.1. The zero-order valence-electron chi connectivity index (χ0n) is 12.8. The molecule has 1 aliphatic rings. The molecule has 1 aliphatic heterocycles. The van der Waals surface area contributed by atoms with Gasteiger partial charge >= 0.3 is 0 Å². The lowest BCUT2D eigenvalue weighted by atomic mass is 9.99. The molecule has 22 heavy (non-hydrogen) atoms. The van der Waals surface area contributed by atoms with Gasteiger partial charge in [0, 0.05) is 6.61 Å². The highest BCUT2D eigenvalue weighted by atomic mass is 16.7. The van der Waals surface area contributed by atoms with Crippen molar-refractivity contribution in [3.63, 3.8) is 0 Å². The molecule has 1 fully saturated rings. The quantitative estimate of drug-likeness (QED) is 0.285. The number of rotatable bonds is 11. The van der Waals surface area contributed by atoms with E-state index in [4.69, 9.17) is 25.1 Å². The molecule has 0 unspecified atom stereocenters. The van der Waals surface area contributed by atoms with E-state index in [0.29, 0.717) is 19.8 Å². The lowest BCUT2D eigenvalue weighted by Crippen LogP contribution is -2.59. The third-order valence-electron chi connectivity index (χ3n) is 3.60. The first-order valence-electron chi connectivity index (χ1n) is 7.81. The topological polar surface area (TPSA) is 135 Å². The van der Waals surface area contributed by atoms with Gasteiger partial charge in [0.15, 0.2) is 6.29 Å². The maximum absolute atomic E-state index is 9.75. The molecule has 8 nitrogen and oxygen atoms in total. The Hall–Kier alpha value is -0.320. The van der Waals surface area contributed by atoms with Crippen molar-refractivity contribution in [1.29, 1.82) is 0 Å². The van der Waals surface area contributed by atoms with Crippen LogP contribution in [0.5, 0.6) is 0 Å². The van der Waals surface area contributed by atoms with Crippen LogP contribution in [0.25, 0.3) is 0 Å². The molecule has 0 bridgehead atoms. The summed E-state index contributed by atoms with van der Waals surface area (Å²) in [6, 6.07) is 0. The van der Waals surface area contributed by atoms with Crippen molar-refractivity contribution in [3.05, 3.63) is 0 Å². The number of aliphatic hydroxyl groups is 4. The minimum atomic E-state index is -1.42. The van der Waals surface area contributed by atoms with Gasteiger partial charge < -0.3 is 40.4 Å². The van der Waals surface area contributed by atoms with E-state index >= 15 is 0 Å². The Bertz CT molecular complexity index is 280. The van der Waals surface area contributed by atoms with Gasteiger partial charge in [-0.2, -0.15) is 0 Å². The Labute approximate surface area is 130 Å². The third kappa shape index (κ3) is 6.43. The molecule has 5 atom stereocenters. The molecule has 6 N–H and O–H groups in total. The molecule has 8 heteroatoms. The van der Waals surface area contributed by atoms with Crippen molar-refractivity contribution >= 4 is 0 Å². The number of hydrogen-bond acceptors (Lipinski definition) is 8. The maximum Gasteiger partial charge on any atom is 0.186 e. The van der Waals surface area contributed by atoms with Crippen LogP contribution in [-0.2, 0) is 14.2 Å².